The van der Waals surface area contributed by atoms with Crippen LogP contribution < -0.4 is 0 Å². The van der Waals surface area contributed by atoms with Crippen molar-refractivity contribution in [3.63, 3.8) is 0 Å². The molecule has 0 unspecified atom stereocenters. The molecule has 0 amide bonds. The van der Waals surface area contributed by atoms with Gasteiger partial charge in [-0.05, 0) is 67.9 Å². The number of hydrogen-bond donors (Lipinski definition) is 0. The fourth-order valence-electron chi connectivity index (χ4n) is 5.13. The minimum Gasteiger partial charge on any atom is -0.343 e. The average molecular weight is 263 g/mol. The largest absolute Gasteiger partial charge is 0.343 e. The highest BCUT2D eigenvalue weighted by Gasteiger charge is 2.54. The topological polar surface area (TPSA) is 49.8 Å². The van der Waals surface area contributed by atoms with E-state index in [1.807, 2.05) is 0 Å². The molecule has 0 spiro atoms. The van der Waals surface area contributed by atoms with Crippen LogP contribution in [0.4, 0.5) is 0 Å². The maximum Gasteiger partial charge on any atom is 0.244 e. The molecule has 3 nitrogen and oxygen atoms in total. The van der Waals surface area contributed by atoms with Gasteiger partial charge in [-0.1, -0.05) is 5.16 Å². The molecule has 0 atom stereocenters. The molecule has 1 aromatic heterocycles. The third kappa shape index (κ3) is 1.33. The van der Waals surface area contributed by atoms with Crippen LogP contribution >= 0.6 is 11.6 Å². The highest BCUT2D eigenvalue weighted by Crippen LogP contribution is 2.61. The minimum absolute atomic E-state index is 0.0937. The van der Waals surface area contributed by atoms with Gasteiger partial charge in [0.25, 0.3) is 0 Å². The molecule has 1 heterocycles. The Balaban J connectivity index is 1.82. The molecule has 4 fully saturated rings. The number of rotatable bonds is 1. The molecule has 5 rings (SSSR count). The maximum absolute atomic E-state index is 9.26. The predicted molar refractivity (Wildman–Crippen MR) is 66.1 cm³/mol. The van der Waals surface area contributed by atoms with Crippen molar-refractivity contribution in [1.29, 1.82) is 5.26 Å². The Hall–Kier alpha value is -1.01. The van der Waals surface area contributed by atoms with Crippen molar-refractivity contribution in [2.75, 3.05) is 0 Å². The van der Waals surface area contributed by atoms with E-state index in [0.29, 0.717) is 5.56 Å². The zero-order valence-electron chi connectivity index (χ0n) is 10.2. The molecule has 94 valence electrons. The molecule has 0 radical (unpaired) electrons. The number of nitrogens with zero attached hydrogens (tertiary/aromatic N) is 2. The fourth-order valence-corrected chi connectivity index (χ4v) is 5.30. The quantitative estimate of drug-likeness (QED) is 0.776. The Kier molecular flexibility index (Phi) is 2.12. The molecule has 18 heavy (non-hydrogen) atoms. The third-order valence-corrected chi connectivity index (χ3v) is 5.56. The molecule has 4 saturated carbocycles. The molecule has 0 aliphatic heterocycles. The highest BCUT2D eigenvalue weighted by molar-refractivity contribution is 6.30. The van der Waals surface area contributed by atoms with Gasteiger partial charge in [0, 0.05) is 5.41 Å². The molecule has 0 N–H and O–H groups in total. The van der Waals surface area contributed by atoms with E-state index in [-0.39, 0.29) is 10.6 Å². The first-order valence-corrected chi connectivity index (χ1v) is 7.14. The second-order valence-corrected chi connectivity index (χ2v) is 6.83. The summed E-state index contributed by atoms with van der Waals surface area (Å²) >= 11 is 5.93. The predicted octanol–water partition coefficient (Wildman–Crippen LogP) is 3.67. The van der Waals surface area contributed by atoms with Crippen molar-refractivity contribution in [3.8, 4) is 6.07 Å². The summed E-state index contributed by atoms with van der Waals surface area (Å²) in [5, 5.41) is 13.6. The van der Waals surface area contributed by atoms with E-state index in [0.717, 1.165) is 23.4 Å². The molecular weight excluding hydrogens is 248 g/mol. The lowest BCUT2D eigenvalue weighted by molar-refractivity contribution is -0.00856. The van der Waals surface area contributed by atoms with Gasteiger partial charge in [0.15, 0.2) is 0 Å². The van der Waals surface area contributed by atoms with Crippen LogP contribution in [-0.4, -0.2) is 5.16 Å². The molecule has 4 heteroatoms. The zero-order chi connectivity index (χ0) is 12.3. The first-order valence-electron chi connectivity index (χ1n) is 6.76. The van der Waals surface area contributed by atoms with E-state index in [9.17, 15) is 5.26 Å². The summed E-state index contributed by atoms with van der Waals surface area (Å²) < 4.78 is 5.07. The summed E-state index contributed by atoms with van der Waals surface area (Å²) in [6.45, 7) is 0. The van der Waals surface area contributed by atoms with E-state index in [4.69, 9.17) is 16.1 Å². The Morgan fingerprint density at radius 1 is 1.17 bits per heavy atom. The Morgan fingerprint density at radius 3 is 2.22 bits per heavy atom. The highest BCUT2D eigenvalue weighted by atomic mass is 35.5. The lowest BCUT2D eigenvalue weighted by atomic mass is 9.48. The first-order chi connectivity index (χ1) is 8.70. The van der Waals surface area contributed by atoms with E-state index < -0.39 is 0 Å². The van der Waals surface area contributed by atoms with Gasteiger partial charge in [0.2, 0.25) is 5.22 Å². The van der Waals surface area contributed by atoms with Crippen molar-refractivity contribution in [2.24, 2.45) is 17.8 Å². The molecular formula is C14H15ClN2O. The van der Waals surface area contributed by atoms with Crippen LogP contribution in [0.5, 0.6) is 0 Å². The van der Waals surface area contributed by atoms with Crippen LogP contribution in [-0.2, 0) is 5.41 Å². The van der Waals surface area contributed by atoms with Crippen molar-refractivity contribution < 1.29 is 4.52 Å². The van der Waals surface area contributed by atoms with Gasteiger partial charge in [0.05, 0.1) is 0 Å². The molecule has 0 aromatic carbocycles. The Morgan fingerprint density at radius 2 is 1.72 bits per heavy atom. The normalized spacial score (nSPS) is 41.0. The summed E-state index contributed by atoms with van der Waals surface area (Å²) in [6.07, 6.45) is 7.68. The van der Waals surface area contributed by atoms with Crippen molar-refractivity contribution in [2.45, 2.75) is 43.9 Å². The Labute approximate surface area is 111 Å². The number of halogens is 1. The maximum atomic E-state index is 9.26. The van der Waals surface area contributed by atoms with Crippen LogP contribution in [0.3, 0.4) is 0 Å². The van der Waals surface area contributed by atoms with Crippen LogP contribution in [0.1, 0.15) is 49.8 Å². The minimum atomic E-state index is 0.0937. The fraction of sp³-hybridized carbons (Fsp3) is 0.714. The van der Waals surface area contributed by atoms with Crippen LogP contribution in [0.25, 0.3) is 0 Å². The number of hydrogen-bond acceptors (Lipinski definition) is 3. The lowest BCUT2D eigenvalue weighted by Crippen LogP contribution is -2.49. The summed E-state index contributed by atoms with van der Waals surface area (Å²) in [6, 6.07) is 2.18. The van der Waals surface area contributed by atoms with Gasteiger partial charge in [-0.15, -0.1) is 0 Å². The zero-order valence-corrected chi connectivity index (χ0v) is 10.9. The smallest absolute Gasteiger partial charge is 0.244 e. The van der Waals surface area contributed by atoms with Gasteiger partial charge >= 0.3 is 0 Å². The molecule has 0 saturated heterocycles. The van der Waals surface area contributed by atoms with Crippen molar-refractivity contribution in [1.82, 2.24) is 5.16 Å². The second kappa shape index (κ2) is 3.51. The summed E-state index contributed by atoms with van der Waals surface area (Å²) in [5.74, 6) is 2.50. The molecule has 1 aromatic rings. The standard InChI is InChI=1S/C14H15ClN2O/c15-13-11(7-16)12(17-18-13)14-4-8-1-9(5-14)3-10(2-8)6-14/h8-10H,1-6H2. The van der Waals surface area contributed by atoms with Crippen LogP contribution in [0, 0.1) is 29.1 Å². The summed E-state index contributed by atoms with van der Waals surface area (Å²) in [7, 11) is 0. The van der Waals surface area contributed by atoms with E-state index in [1.165, 1.54) is 38.5 Å². The van der Waals surface area contributed by atoms with E-state index in [1.54, 1.807) is 0 Å². The average Bonchev–Trinajstić information content (AvgIpc) is 2.69. The number of nitriles is 1. The monoisotopic (exact) mass is 262 g/mol. The molecule has 4 aliphatic rings. The van der Waals surface area contributed by atoms with Gasteiger partial charge in [0.1, 0.15) is 17.3 Å². The molecule has 4 bridgehead atoms. The second-order valence-electron chi connectivity index (χ2n) is 6.49. The Bertz CT molecular complexity index is 507. The number of aromatic nitrogens is 1. The van der Waals surface area contributed by atoms with Gasteiger partial charge in [-0.2, -0.15) is 5.26 Å². The first kappa shape index (κ1) is 10.9. The van der Waals surface area contributed by atoms with Gasteiger partial charge in [-0.25, -0.2) is 0 Å². The van der Waals surface area contributed by atoms with Crippen molar-refractivity contribution in [3.05, 3.63) is 16.5 Å². The van der Waals surface area contributed by atoms with Crippen molar-refractivity contribution >= 4 is 11.6 Å². The lowest BCUT2D eigenvalue weighted by Gasteiger charge is -2.56. The SMILES string of the molecule is N#Cc1c(C23CC4CC(CC(C4)C2)C3)noc1Cl. The van der Waals surface area contributed by atoms with Gasteiger partial charge < -0.3 is 4.52 Å². The summed E-state index contributed by atoms with van der Waals surface area (Å²) in [5.41, 5.74) is 1.43. The van der Waals surface area contributed by atoms with Crippen LogP contribution in [0.15, 0.2) is 4.52 Å². The summed E-state index contributed by atoms with van der Waals surface area (Å²) in [4.78, 5) is 0. The van der Waals surface area contributed by atoms with E-state index in [2.05, 4.69) is 11.2 Å². The third-order valence-electron chi connectivity index (χ3n) is 5.30. The van der Waals surface area contributed by atoms with Crippen LogP contribution in [0.2, 0.25) is 5.22 Å². The van der Waals surface area contributed by atoms with Gasteiger partial charge in [-0.3, -0.25) is 0 Å². The molecule has 4 aliphatic carbocycles. The van der Waals surface area contributed by atoms with E-state index >= 15 is 0 Å².